The number of nitrogens with zero attached hydrogens (tertiary/aromatic N) is 9. The number of likely N-dealkylation sites (tertiary alicyclic amines) is 2. The fourth-order valence-corrected chi connectivity index (χ4v) is 10.7. The van der Waals surface area contributed by atoms with Crippen LogP contribution in [0.2, 0.25) is 0 Å². The fraction of sp³-hybridized carbons (Fsp3) is 0.556. The summed E-state index contributed by atoms with van der Waals surface area (Å²) in [5.41, 5.74) is 1.24. The number of hydrogen-bond acceptors (Lipinski definition) is 13. The van der Waals surface area contributed by atoms with Gasteiger partial charge in [0.1, 0.15) is 17.4 Å². The number of anilines is 3. The van der Waals surface area contributed by atoms with E-state index in [9.17, 15) is 32.8 Å². The highest BCUT2D eigenvalue weighted by Gasteiger charge is 2.46. The molecular formula is C45H54F2N12O6. The van der Waals surface area contributed by atoms with E-state index in [-0.39, 0.29) is 41.7 Å². The van der Waals surface area contributed by atoms with E-state index in [4.69, 9.17) is 4.74 Å². The molecule has 3 N–H and O–H groups in total. The van der Waals surface area contributed by atoms with Gasteiger partial charge in [0.15, 0.2) is 11.3 Å². The van der Waals surface area contributed by atoms with Crippen LogP contribution in [-0.2, 0) is 14.3 Å². The molecule has 5 amide bonds. The van der Waals surface area contributed by atoms with Gasteiger partial charge in [0.2, 0.25) is 11.8 Å². The molecule has 1 saturated carbocycles. The normalized spacial score (nSPS) is 24.3. The van der Waals surface area contributed by atoms with Crippen molar-refractivity contribution in [1.29, 1.82) is 0 Å². The average molecular weight is 897 g/mol. The Labute approximate surface area is 374 Å². The number of hydrogen-bond donors (Lipinski definition) is 3. The molecule has 4 saturated heterocycles. The zero-order valence-corrected chi connectivity index (χ0v) is 36.2. The van der Waals surface area contributed by atoms with Crippen molar-refractivity contribution >= 4 is 52.4 Å². The van der Waals surface area contributed by atoms with E-state index < -0.39 is 47.7 Å². The van der Waals surface area contributed by atoms with Gasteiger partial charge in [-0.05, 0) is 95.0 Å². The highest BCUT2D eigenvalue weighted by molar-refractivity contribution is 6.25. The Hall–Kier alpha value is -5.86. The first kappa shape index (κ1) is 43.1. The van der Waals surface area contributed by atoms with Gasteiger partial charge in [-0.1, -0.05) is 6.07 Å². The Balaban J connectivity index is 0.679. The first-order chi connectivity index (χ1) is 31.6. The number of carbonyl (C=O) groups excluding carboxylic acids is 5. The van der Waals surface area contributed by atoms with Crippen molar-refractivity contribution in [3.05, 3.63) is 65.2 Å². The summed E-state index contributed by atoms with van der Waals surface area (Å²) in [7, 11) is 0. The van der Waals surface area contributed by atoms with Crippen LogP contribution in [0.25, 0.3) is 5.65 Å². The van der Waals surface area contributed by atoms with Crippen LogP contribution in [0.5, 0.6) is 0 Å². The molecular weight excluding hydrogens is 843 g/mol. The number of carbonyl (C=O) groups is 5. The van der Waals surface area contributed by atoms with Crippen molar-refractivity contribution in [3.63, 3.8) is 0 Å². The van der Waals surface area contributed by atoms with Crippen molar-refractivity contribution in [2.45, 2.75) is 94.8 Å². The van der Waals surface area contributed by atoms with Gasteiger partial charge < -0.3 is 30.1 Å². The molecule has 6 aliphatic rings. The summed E-state index contributed by atoms with van der Waals surface area (Å²) in [4.78, 5) is 77.5. The fourth-order valence-electron chi connectivity index (χ4n) is 10.7. The number of piperidine rings is 3. The number of fused-ring (bicyclic) bond motifs is 2. The molecule has 3 aromatic heterocycles. The Bertz CT molecular complexity index is 2470. The summed E-state index contributed by atoms with van der Waals surface area (Å²) in [5.74, 6) is -1.40. The quantitative estimate of drug-likeness (QED) is 0.183. The van der Waals surface area contributed by atoms with Crippen molar-refractivity contribution in [2.75, 3.05) is 74.6 Å². The van der Waals surface area contributed by atoms with Crippen molar-refractivity contribution in [3.8, 4) is 0 Å². The number of amides is 5. The summed E-state index contributed by atoms with van der Waals surface area (Å²) in [6, 6.07) is 6.61. The molecule has 10 rings (SSSR count). The minimum atomic E-state index is -2.86. The standard InChI is InChI=1S/C45H54F2N12O6/c46-40(47)39-34(50-42(61)32-24-48-57-19-14-36(51-41(32)57)56-20-22-65-23-21-56)26-58(53-39)30-6-4-27(5-7-30)25-54-15-12-29(13-16-54)55-17-10-28(11-18-55)49-33-3-1-2-31-38(33)45(64)59(44(31)63)35-8-9-37(60)52-43(35)62/h1-3,14,19,24,26-30,35,40,49H,4-13,15-18,20-23,25H2,(H,50,61)(H,52,60,62)/t27-,30-,35?. The Kier molecular flexibility index (Phi) is 12.1. The molecule has 8 heterocycles. The van der Waals surface area contributed by atoms with Crippen molar-refractivity contribution < 1.29 is 37.5 Å². The molecule has 0 bridgehead atoms. The minimum Gasteiger partial charge on any atom is -0.382 e. The minimum absolute atomic E-state index is 0.00667. The number of nitrogens with one attached hydrogen (secondary N) is 3. The van der Waals surface area contributed by atoms with E-state index in [1.807, 2.05) is 12.1 Å². The van der Waals surface area contributed by atoms with Crippen molar-refractivity contribution in [2.24, 2.45) is 5.92 Å². The summed E-state index contributed by atoms with van der Waals surface area (Å²) >= 11 is 0. The third kappa shape index (κ3) is 8.70. The van der Waals surface area contributed by atoms with Crippen molar-refractivity contribution in [1.82, 2.24) is 44.4 Å². The SMILES string of the molecule is O=C1CCC(N2C(=O)c3cccc(NC4CCN(C5CCN(C[C@H]6CC[C@H](n7cc(NC(=O)c8cnn9ccc(N%10CCOCC%10)nc89)c(C(F)F)n7)CC6)CC5)CC4)c3C2=O)C(=O)N1. The Morgan fingerprint density at radius 1 is 0.862 bits per heavy atom. The summed E-state index contributed by atoms with van der Waals surface area (Å²) in [6.45, 7) is 7.43. The molecule has 344 valence electrons. The van der Waals surface area contributed by atoms with Gasteiger partial charge in [-0.25, -0.2) is 18.3 Å². The lowest BCUT2D eigenvalue weighted by molar-refractivity contribution is -0.136. The number of alkyl halides is 2. The number of benzene rings is 1. The largest absolute Gasteiger partial charge is 0.382 e. The third-order valence-corrected chi connectivity index (χ3v) is 14.3. The van der Waals surface area contributed by atoms with Crippen LogP contribution in [-0.4, -0.2) is 146 Å². The first-order valence-electron chi connectivity index (χ1n) is 23.0. The lowest BCUT2D eigenvalue weighted by Crippen LogP contribution is -2.54. The molecule has 65 heavy (non-hydrogen) atoms. The number of morpholine rings is 1. The second-order valence-electron chi connectivity index (χ2n) is 18.2. The Morgan fingerprint density at radius 3 is 2.37 bits per heavy atom. The smallest absolute Gasteiger partial charge is 0.284 e. The van der Waals surface area contributed by atoms with Crippen LogP contribution < -0.4 is 20.9 Å². The maximum absolute atomic E-state index is 14.3. The molecule has 18 nitrogen and oxygen atoms in total. The van der Waals surface area contributed by atoms with Crippen LogP contribution in [0.3, 0.4) is 0 Å². The molecule has 1 aromatic carbocycles. The van der Waals surface area contributed by atoms with E-state index in [0.29, 0.717) is 61.0 Å². The molecule has 5 fully saturated rings. The predicted molar refractivity (Wildman–Crippen MR) is 233 cm³/mol. The molecule has 0 spiro atoms. The Morgan fingerprint density at radius 2 is 1.63 bits per heavy atom. The van der Waals surface area contributed by atoms with Gasteiger partial charge in [0.25, 0.3) is 24.1 Å². The van der Waals surface area contributed by atoms with Gasteiger partial charge in [0.05, 0.1) is 42.3 Å². The van der Waals surface area contributed by atoms with Gasteiger partial charge in [0, 0.05) is 69.3 Å². The van der Waals surface area contributed by atoms with Crippen LogP contribution in [0.4, 0.5) is 26.0 Å². The highest BCUT2D eigenvalue weighted by Crippen LogP contribution is 2.37. The number of imide groups is 2. The monoisotopic (exact) mass is 896 g/mol. The second-order valence-corrected chi connectivity index (χ2v) is 18.2. The second kappa shape index (κ2) is 18.2. The summed E-state index contributed by atoms with van der Waals surface area (Å²) in [6.07, 6.45) is 9.54. The summed E-state index contributed by atoms with van der Waals surface area (Å²) in [5, 5.41) is 17.0. The third-order valence-electron chi connectivity index (χ3n) is 14.3. The molecule has 0 radical (unpaired) electrons. The predicted octanol–water partition coefficient (Wildman–Crippen LogP) is 4.13. The van der Waals surface area contributed by atoms with E-state index in [1.54, 1.807) is 29.2 Å². The van der Waals surface area contributed by atoms with E-state index in [0.717, 1.165) is 89.0 Å². The number of rotatable bonds is 11. The maximum atomic E-state index is 14.3. The first-order valence-corrected chi connectivity index (χ1v) is 23.0. The van der Waals surface area contributed by atoms with Gasteiger partial charge in [-0.15, -0.1) is 0 Å². The molecule has 5 aliphatic heterocycles. The molecule has 20 heteroatoms. The van der Waals surface area contributed by atoms with E-state index in [1.165, 1.54) is 10.7 Å². The number of ether oxygens (including phenoxy) is 1. The highest BCUT2D eigenvalue weighted by atomic mass is 19.3. The lowest BCUT2D eigenvalue weighted by atomic mass is 9.85. The maximum Gasteiger partial charge on any atom is 0.284 e. The molecule has 1 aliphatic carbocycles. The van der Waals surface area contributed by atoms with Crippen LogP contribution in [0.1, 0.15) is 113 Å². The lowest BCUT2D eigenvalue weighted by Gasteiger charge is -2.43. The zero-order chi connectivity index (χ0) is 44.8. The van der Waals surface area contributed by atoms with Crippen LogP contribution in [0, 0.1) is 5.92 Å². The van der Waals surface area contributed by atoms with Crippen LogP contribution >= 0.6 is 0 Å². The van der Waals surface area contributed by atoms with Gasteiger partial charge in [-0.2, -0.15) is 10.2 Å². The molecule has 1 atom stereocenters. The van der Waals surface area contributed by atoms with Crippen LogP contribution in [0.15, 0.2) is 42.9 Å². The number of halogens is 2. The molecule has 1 unspecified atom stereocenters. The topological polar surface area (TPSA) is 192 Å². The average Bonchev–Trinajstić information content (AvgIpc) is 4.02. The van der Waals surface area contributed by atoms with E-state index >= 15 is 0 Å². The van der Waals surface area contributed by atoms with Gasteiger partial charge >= 0.3 is 0 Å². The van der Waals surface area contributed by atoms with E-state index in [2.05, 4.69) is 45.8 Å². The molecule has 4 aromatic rings. The number of aromatic nitrogens is 5. The zero-order valence-electron chi connectivity index (χ0n) is 36.2. The van der Waals surface area contributed by atoms with Gasteiger partial charge in [-0.3, -0.25) is 38.9 Å². The summed E-state index contributed by atoms with van der Waals surface area (Å²) < 4.78 is 37.2.